The Balaban J connectivity index is 2.59. The molecule has 0 aromatic carbocycles. The van der Waals surface area contributed by atoms with Gasteiger partial charge in [0.2, 0.25) is 5.91 Å². The predicted molar refractivity (Wildman–Crippen MR) is 347 cm³/mol. The van der Waals surface area contributed by atoms with Gasteiger partial charge in [0.25, 0.3) is 0 Å². The minimum Gasteiger partial charge on any atom is -0.454 e. The molecule has 0 aromatic rings. The van der Waals surface area contributed by atoms with E-state index in [1.807, 2.05) is 6.08 Å². The van der Waals surface area contributed by atoms with Crippen LogP contribution in [0.15, 0.2) is 48.6 Å². The molecular weight excluding hydrogens is 1040 g/mol. The number of aliphatic hydroxyl groups is 5. The quantitative estimate of drug-likeness (QED) is 0.0195. The number of aliphatic hydroxyl groups excluding tert-OH is 5. The van der Waals surface area contributed by atoms with Crippen molar-refractivity contribution in [3.63, 3.8) is 0 Å². The van der Waals surface area contributed by atoms with E-state index < -0.39 is 67.4 Å². The summed E-state index contributed by atoms with van der Waals surface area (Å²) in [4.78, 5) is 26.7. The Bertz CT molecular complexity index is 1540. The van der Waals surface area contributed by atoms with E-state index in [0.29, 0.717) is 12.8 Å². The molecule has 1 saturated heterocycles. The molecule has 1 aliphatic rings. The SMILES string of the molecule is CCCCC/C=C\C/C=C\CCCCCCCCCCC(O)C(=O)NC(COC1OC(CO)C(O)C(O)C1OC(=O)CCCCCCCCCCCCCCC/C=C/CCCCCCCC)C(O)/C=C/CCCCCCCCCCCCC. The van der Waals surface area contributed by atoms with Gasteiger partial charge in [-0.3, -0.25) is 9.59 Å². The lowest BCUT2D eigenvalue weighted by atomic mass is 9.99. The van der Waals surface area contributed by atoms with E-state index in [2.05, 4.69) is 62.5 Å². The largest absolute Gasteiger partial charge is 0.454 e. The van der Waals surface area contributed by atoms with Gasteiger partial charge in [-0.15, -0.1) is 0 Å². The molecular formula is C72H133NO10. The van der Waals surface area contributed by atoms with Crippen LogP contribution in [0.2, 0.25) is 0 Å². The van der Waals surface area contributed by atoms with Gasteiger partial charge in [0, 0.05) is 6.42 Å². The molecule has 0 spiro atoms. The van der Waals surface area contributed by atoms with Crippen LogP contribution < -0.4 is 5.32 Å². The van der Waals surface area contributed by atoms with Crippen molar-refractivity contribution in [3.8, 4) is 0 Å². The number of hydrogen-bond acceptors (Lipinski definition) is 10. The first-order chi connectivity index (χ1) is 40.7. The maximum Gasteiger partial charge on any atom is 0.306 e. The van der Waals surface area contributed by atoms with E-state index in [9.17, 15) is 35.1 Å². The molecule has 83 heavy (non-hydrogen) atoms. The van der Waals surface area contributed by atoms with Crippen LogP contribution in [0.5, 0.6) is 0 Å². The van der Waals surface area contributed by atoms with Crippen molar-refractivity contribution in [1.29, 1.82) is 0 Å². The molecule has 1 aliphatic heterocycles. The van der Waals surface area contributed by atoms with Gasteiger partial charge in [0.1, 0.15) is 24.4 Å². The number of carbonyl (C=O) groups is 2. The Morgan fingerprint density at radius 1 is 0.470 bits per heavy atom. The van der Waals surface area contributed by atoms with Gasteiger partial charge in [0.15, 0.2) is 12.4 Å². The summed E-state index contributed by atoms with van der Waals surface area (Å²) < 4.78 is 17.7. The molecule has 1 amide bonds. The number of amides is 1. The van der Waals surface area contributed by atoms with Crippen LogP contribution in [0.25, 0.3) is 0 Å². The average Bonchev–Trinajstić information content (AvgIpc) is 3.54. The molecule has 0 radical (unpaired) electrons. The fourth-order valence-electron chi connectivity index (χ4n) is 11.1. The molecule has 1 heterocycles. The molecule has 11 nitrogen and oxygen atoms in total. The molecule has 6 N–H and O–H groups in total. The highest BCUT2D eigenvalue weighted by molar-refractivity contribution is 5.80. The molecule has 1 rings (SSSR count). The first-order valence-electron chi connectivity index (χ1n) is 35.4. The minimum atomic E-state index is -1.61. The summed E-state index contributed by atoms with van der Waals surface area (Å²) in [6.45, 7) is 5.80. The zero-order valence-corrected chi connectivity index (χ0v) is 54.1. The van der Waals surface area contributed by atoms with Crippen molar-refractivity contribution in [3.05, 3.63) is 48.6 Å². The third kappa shape index (κ3) is 47.4. The average molecular weight is 1170 g/mol. The first kappa shape index (κ1) is 78.6. The van der Waals surface area contributed by atoms with Crippen LogP contribution in [0, 0.1) is 0 Å². The number of esters is 1. The number of allylic oxidation sites excluding steroid dienone is 7. The molecule has 1 fully saturated rings. The fourth-order valence-corrected chi connectivity index (χ4v) is 11.1. The number of rotatable bonds is 61. The van der Waals surface area contributed by atoms with Crippen molar-refractivity contribution in [2.75, 3.05) is 13.2 Å². The van der Waals surface area contributed by atoms with E-state index in [1.165, 1.54) is 218 Å². The van der Waals surface area contributed by atoms with Crippen LogP contribution >= 0.6 is 0 Å². The highest BCUT2D eigenvalue weighted by Crippen LogP contribution is 2.26. The van der Waals surface area contributed by atoms with Crippen LogP contribution in [-0.2, 0) is 23.8 Å². The van der Waals surface area contributed by atoms with Crippen LogP contribution in [0.1, 0.15) is 335 Å². The summed E-state index contributed by atoms with van der Waals surface area (Å²) in [5.41, 5.74) is 0. The van der Waals surface area contributed by atoms with Gasteiger partial charge in [-0.25, -0.2) is 0 Å². The molecule has 8 unspecified atom stereocenters. The Morgan fingerprint density at radius 2 is 0.831 bits per heavy atom. The van der Waals surface area contributed by atoms with E-state index in [0.717, 1.165) is 70.6 Å². The molecule has 0 aliphatic carbocycles. The van der Waals surface area contributed by atoms with Crippen LogP contribution in [0.4, 0.5) is 0 Å². The Morgan fingerprint density at radius 3 is 1.27 bits per heavy atom. The zero-order valence-electron chi connectivity index (χ0n) is 54.1. The van der Waals surface area contributed by atoms with E-state index in [-0.39, 0.29) is 19.4 Å². The van der Waals surface area contributed by atoms with Crippen molar-refractivity contribution < 1.29 is 49.3 Å². The molecule has 8 atom stereocenters. The number of nitrogens with one attached hydrogen (secondary N) is 1. The summed E-state index contributed by atoms with van der Waals surface area (Å²) in [5.74, 6) is -1.19. The minimum absolute atomic E-state index is 0.125. The van der Waals surface area contributed by atoms with Gasteiger partial charge in [-0.2, -0.15) is 0 Å². The lowest BCUT2D eigenvalue weighted by Crippen LogP contribution is -2.61. The van der Waals surface area contributed by atoms with Gasteiger partial charge in [-0.05, 0) is 83.5 Å². The number of carbonyl (C=O) groups excluding carboxylic acids is 2. The Labute approximate surface area is 510 Å². The Hall–Kier alpha value is -2.38. The maximum absolute atomic E-state index is 13.5. The van der Waals surface area contributed by atoms with Crippen molar-refractivity contribution >= 4 is 11.9 Å². The molecule has 0 bridgehead atoms. The van der Waals surface area contributed by atoms with Crippen molar-refractivity contribution in [2.24, 2.45) is 0 Å². The fraction of sp³-hybridized carbons (Fsp3) is 0.861. The molecule has 0 saturated carbocycles. The summed E-state index contributed by atoms with van der Waals surface area (Å²) in [6.07, 6.45) is 64.3. The topological polar surface area (TPSA) is 175 Å². The number of unbranched alkanes of at least 4 members (excludes halogenated alkanes) is 41. The summed E-state index contributed by atoms with van der Waals surface area (Å²) in [5, 5.41) is 57.2. The van der Waals surface area contributed by atoms with E-state index >= 15 is 0 Å². The van der Waals surface area contributed by atoms with Crippen LogP contribution in [-0.4, -0.2) is 99.6 Å². The number of ether oxygens (including phenoxy) is 3. The summed E-state index contributed by atoms with van der Waals surface area (Å²) >= 11 is 0. The van der Waals surface area contributed by atoms with E-state index in [4.69, 9.17) is 14.2 Å². The van der Waals surface area contributed by atoms with Crippen molar-refractivity contribution in [2.45, 2.75) is 384 Å². The molecule has 0 aromatic heterocycles. The molecule has 11 heteroatoms. The Kier molecular flexibility index (Phi) is 56.8. The second-order valence-corrected chi connectivity index (χ2v) is 24.6. The predicted octanol–water partition coefficient (Wildman–Crippen LogP) is 18.0. The third-order valence-electron chi connectivity index (χ3n) is 16.7. The van der Waals surface area contributed by atoms with E-state index in [1.54, 1.807) is 6.08 Å². The smallest absolute Gasteiger partial charge is 0.306 e. The van der Waals surface area contributed by atoms with Gasteiger partial charge < -0.3 is 45.1 Å². The zero-order chi connectivity index (χ0) is 60.3. The maximum atomic E-state index is 13.5. The first-order valence-corrected chi connectivity index (χ1v) is 35.4. The van der Waals surface area contributed by atoms with Crippen LogP contribution in [0.3, 0.4) is 0 Å². The second kappa shape index (κ2) is 59.9. The van der Waals surface area contributed by atoms with Gasteiger partial charge in [0.05, 0.1) is 25.4 Å². The van der Waals surface area contributed by atoms with Gasteiger partial charge >= 0.3 is 5.97 Å². The second-order valence-electron chi connectivity index (χ2n) is 24.6. The van der Waals surface area contributed by atoms with Gasteiger partial charge in [-0.1, -0.05) is 294 Å². The highest BCUT2D eigenvalue weighted by Gasteiger charge is 2.47. The lowest BCUT2D eigenvalue weighted by molar-refractivity contribution is -0.305. The summed E-state index contributed by atoms with van der Waals surface area (Å²) in [6, 6.07) is -1.03. The number of hydrogen-bond donors (Lipinski definition) is 6. The summed E-state index contributed by atoms with van der Waals surface area (Å²) in [7, 11) is 0. The van der Waals surface area contributed by atoms with Crippen molar-refractivity contribution in [1.82, 2.24) is 5.32 Å². The lowest BCUT2D eigenvalue weighted by Gasteiger charge is -2.41. The highest BCUT2D eigenvalue weighted by atomic mass is 16.7. The standard InChI is InChI=1S/C72H133NO10/c1-4-7-10-13-16-19-22-25-27-29-31-32-33-34-35-37-39-42-45-48-51-54-57-60-67(77)83-70-69(79)68(78)66(61-74)82-72(70)81-62-63(64(75)58-55-52-49-46-43-40-24-21-18-15-12-9-6-3)73-71(80)65(76)59-56-53-50-47-44-41-38-36-30-28-26-23-20-17-14-11-8-5-2/h17,20,25-28,55,58,63-66,68-70,72,74-76,78-79H,4-16,18-19,21-24,29-54,56-57,59-62H2,1-3H3,(H,73,80)/b20-17-,27-25+,28-26-,58-55+. The monoisotopic (exact) mass is 1170 g/mol. The molecule has 486 valence electrons. The normalized spacial score (nSPS) is 18.8. The third-order valence-corrected chi connectivity index (χ3v) is 16.7.